The second kappa shape index (κ2) is 10.3. The van der Waals surface area contributed by atoms with E-state index in [9.17, 15) is 13.2 Å². The molecule has 3 aromatic carbocycles. The average Bonchev–Trinajstić information content (AvgIpc) is 3.34. The Morgan fingerprint density at radius 2 is 1.86 bits per heavy atom. The van der Waals surface area contributed by atoms with E-state index in [0.717, 1.165) is 5.56 Å². The third kappa shape index (κ3) is 5.21. The van der Waals surface area contributed by atoms with Crippen molar-refractivity contribution in [3.05, 3.63) is 89.5 Å². The minimum atomic E-state index is -4.03. The molecule has 1 amide bonds. The van der Waals surface area contributed by atoms with Crippen LogP contribution in [-0.2, 0) is 16.6 Å². The second-order valence-electron chi connectivity index (χ2n) is 7.53. The molecular weight excluding hydrogens is 492 g/mol. The zero-order valence-electron chi connectivity index (χ0n) is 18.9. The van der Waals surface area contributed by atoms with Crippen molar-refractivity contribution in [3.8, 4) is 17.2 Å². The highest BCUT2D eigenvalue weighted by molar-refractivity contribution is 7.92. The molecule has 10 heteroatoms. The van der Waals surface area contributed by atoms with Crippen LogP contribution >= 0.6 is 11.6 Å². The fourth-order valence-electron chi connectivity index (χ4n) is 3.50. The van der Waals surface area contributed by atoms with Crippen LogP contribution in [0.5, 0.6) is 17.2 Å². The van der Waals surface area contributed by atoms with E-state index in [4.69, 9.17) is 25.8 Å². The summed E-state index contributed by atoms with van der Waals surface area (Å²) < 4.78 is 44.0. The predicted molar refractivity (Wildman–Crippen MR) is 133 cm³/mol. The number of benzene rings is 3. The summed E-state index contributed by atoms with van der Waals surface area (Å²) in [5.74, 6) is 1.33. The van der Waals surface area contributed by atoms with E-state index in [2.05, 4.69) is 11.9 Å². The van der Waals surface area contributed by atoms with E-state index in [0.29, 0.717) is 22.9 Å². The number of methoxy groups -OCH3 is 1. The molecule has 182 valence electrons. The first-order valence-electron chi connectivity index (χ1n) is 10.6. The van der Waals surface area contributed by atoms with Gasteiger partial charge in [-0.15, -0.1) is 6.58 Å². The number of ether oxygens (including phenoxy) is 3. The van der Waals surface area contributed by atoms with Crippen LogP contribution in [0.4, 0.5) is 5.69 Å². The van der Waals surface area contributed by atoms with Crippen molar-refractivity contribution in [2.24, 2.45) is 0 Å². The number of rotatable bonds is 9. The third-order valence-corrected chi connectivity index (χ3v) is 7.44. The molecule has 8 nitrogen and oxygen atoms in total. The molecule has 0 unspecified atom stereocenters. The summed E-state index contributed by atoms with van der Waals surface area (Å²) in [5.41, 5.74) is 1.26. The van der Waals surface area contributed by atoms with Gasteiger partial charge in [0.1, 0.15) is 5.75 Å². The van der Waals surface area contributed by atoms with Crippen LogP contribution < -0.4 is 23.8 Å². The molecule has 0 spiro atoms. The highest BCUT2D eigenvalue weighted by Gasteiger charge is 2.26. The lowest BCUT2D eigenvalue weighted by atomic mass is 10.1. The summed E-state index contributed by atoms with van der Waals surface area (Å²) in [4.78, 5) is 12.8. The van der Waals surface area contributed by atoms with E-state index in [-0.39, 0.29) is 35.4 Å². The Kier molecular flexibility index (Phi) is 7.18. The topological polar surface area (TPSA) is 94.2 Å². The first kappa shape index (κ1) is 24.4. The van der Waals surface area contributed by atoms with Crippen LogP contribution in [0.25, 0.3) is 0 Å². The van der Waals surface area contributed by atoms with Crippen molar-refractivity contribution < 1.29 is 27.4 Å². The normalized spacial score (nSPS) is 12.2. The number of carbonyl (C=O) groups excluding carboxylic acids is 1. The fraction of sp³-hybridized carbons (Fsp3) is 0.160. The monoisotopic (exact) mass is 514 g/mol. The van der Waals surface area contributed by atoms with Crippen LogP contribution in [0, 0.1) is 0 Å². The van der Waals surface area contributed by atoms with Crippen LogP contribution in [-0.4, -0.2) is 34.8 Å². The molecule has 0 aliphatic carbocycles. The van der Waals surface area contributed by atoms with Gasteiger partial charge in [0.2, 0.25) is 6.79 Å². The van der Waals surface area contributed by atoms with Gasteiger partial charge in [-0.25, -0.2) is 8.42 Å². The number of anilines is 1. The SMILES string of the molecule is C=CCN(c1ccc(OC)cc1)S(=O)(=O)c1ccc(Cl)c(C(=O)NCc2ccc3c(c2)OCO3)c1. The summed E-state index contributed by atoms with van der Waals surface area (Å²) >= 11 is 6.25. The van der Waals surface area contributed by atoms with Gasteiger partial charge in [-0.05, 0) is 60.2 Å². The summed E-state index contributed by atoms with van der Waals surface area (Å²) in [6.07, 6.45) is 1.48. The van der Waals surface area contributed by atoms with Gasteiger partial charge in [-0.3, -0.25) is 9.10 Å². The predicted octanol–water partition coefficient (Wildman–Crippen LogP) is 4.39. The van der Waals surface area contributed by atoms with Crippen molar-refractivity contribution in [1.82, 2.24) is 5.32 Å². The van der Waals surface area contributed by atoms with Gasteiger partial charge < -0.3 is 19.5 Å². The van der Waals surface area contributed by atoms with Gasteiger partial charge in [-0.1, -0.05) is 23.7 Å². The highest BCUT2D eigenvalue weighted by atomic mass is 35.5. The number of hydrogen-bond donors (Lipinski definition) is 1. The Bertz CT molecular complexity index is 1360. The first-order chi connectivity index (χ1) is 16.8. The van der Waals surface area contributed by atoms with E-state index in [1.807, 2.05) is 0 Å². The van der Waals surface area contributed by atoms with Crippen molar-refractivity contribution in [2.45, 2.75) is 11.4 Å². The molecule has 0 saturated carbocycles. The van der Waals surface area contributed by atoms with Gasteiger partial charge in [-0.2, -0.15) is 0 Å². The summed E-state index contributed by atoms with van der Waals surface area (Å²) in [6, 6.07) is 16.0. The van der Waals surface area contributed by atoms with Gasteiger partial charge in [0, 0.05) is 6.54 Å². The minimum absolute atomic E-state index is 0.0307. The Morgan fingerprint density at radius 1 is 1.11 bits per heavy atom. The summed E-state index contributed by atoms with van der Waals surface area (Å²) in [5, 5.41) is 2.90. The summed E-state index contributed by atoms with van der Waals surface area (Å²) in [6.45, 7) is 4.05. The number of carbonyl (C=O) groups is 1. The zero-order chi connectivity index (χ0) is 25.0. The number of nitrogens with zero attached hydrogens (tertiary/aromatic N) is 1. The molecule has 1 N–H and O–H groups in total. The third-order valence-electron chi connectivity index (χ3n) is 5.32. The van der Waals surface area contributed by atoms with Gasteiger partial charge in [0.25, 0.3) is 15.9 Å². The first-order valence-corrected chi connectivity index (χ1v) is 12.4. The number of fused-ring (bicyclic) bond motifs is 1. The number of hydrogen-bond acceptors (Lipinski definition) is 6. The van der Waals surface area contributed by atoms with Crippen LogP contribution in [0.3, 0.4) is 0 Å². The van der Waals surface area contributed by atoms with Crippen LogP contribution in [0.15, 0.2) is 78.2 Å². The minimum Gasteiger partial charge on any atom is -0.497 e. The Morgan fingerprint density at radius 3 is 2.57 bits per heavy atom. The maximum Gasteiger partial charge on any atom is 0.264 e. The Hall–Kier alpha value is -3.69. The van der Waals surface area contributed by atoms with E-state index >= 15 is 0 Å². The lowest BCUT2D eigenvalue weighted by Gasteiger charge is -2.23. The average molecular weight is 515 g/mol. The molecule has 0 aromatic heterocycles. The summed E-state index contributed by atoms with van der Waals surface area (Å²) in [7, 11) is -2.50. The van der Waals surface area contributed by atoms with Crippen LogP contribution in [0.2, 0.25) is 5.02 Å². The van der Waals surface area contributed by atoms with Crippen molar-refractivity contribution in [1.29, 1.82) is 0 Å². The molecule has 0 radical (unpaired) electrons. The lowest BCUT2D eigenvalue weighted by molar-refractivity contribution is 0.0950. The lowest BCUT2D eigenvalue weighted by Crippen LogP contribution is -2.31. The van der Waals surface area contributed by atoms with Gasteiger partial charge in [0.05, 0.1) is 34.8 Å². The molecule has 0 fully saturated rings. The Labute approximate surface area is 208 Å². The molecule has 0 atom stereocenters. The number of nitrogens with one attached hydrogen (secondary N) is 1. The molecule has 1 heterocycles. The van der Waals surface area contributed by atoms with Crippen molar-refractivity contribution in [3.63, 3.8) is 0 Å². The van der Waals surface area contributed by atoms with Crippen molar-refractivity contribution in [2.75, 3.05) is 24.8 Å². The molecule has 1 aliphatic rings. The maximum atomic E-state index is 13.5. The molecule has 0 bridgehead atoms. The molecule has 35 heavy (non-hydrogen) atoms. The van der Waals surface area contributed by atoms with Gasteiger partial charge >= 0.3 is 0 Å². The number of sulfonamides is 1. The smallest absolute Gasteiger partial charge is 0.264 e. The van der Waals surface area contributed by atoms with E-state index < -0.39 is 15.9 Å². The molecular formula is C25H23ClN2O6S. The van der Waals surface area contributed by atoms with Crippen LogP contribution in [0.1, 0.15) is 15.9 Å². The Balaban J connectivity index is 1.57. The molecule has 4 rings (SSSR count). The molecule has 3 aromatic rings. The molecule has 0 saturated heterocycles. The van der Waals surface area contributed by atoms with Gasteiger partial charge in [0.15, 0.2) is 11.5 Å². The maximum absolute atomic E-state index is 13.5. The van der Waals surface area contributed by atoms with E-state index in [1.54, 1.807) is 42.5 Å². The zero-order valence-corrected chi connectivity index (χ0v) is 20.4. The number of amides is 1. The quantitative estimate of drug-likeness (QED) is 0.426. The number of halogens is 1. The standard InChI is InChI=1S/C25H23ClN2O6S/c1-3-12-28(18-5-7-19(32-2)8-6-18)35(30,31)20-9-10-22(26)21(14-20)25(29)27-15-17-4-11-23-24(13-17)34-16-33-23/h3-11,13-14H,1,12,15-16H2,2H3,(H,27,29). The molecule has 1 aliphatic heterocycles. The highest BCUT2D eigenvalue weighted by Crippen LogP contribution is 2.32. The van der Waals surface area contributed by atoms with Crippen molar-refractivity contribution >= 4 is 33.2 Å². The second-order valence-corrected chi connectivity index (χ2v) is 9.80. The van der Waals surface area contributed by atoms with E-state index in [1.165, 1.54) is 35.7 Å². The largest absolute Gasteiger partial charge is 0.497 e. The fourth-order valence-corrected chi connectivity index (χ4v) is 5.17.